The van der Waals surface area contributed by atoms with Crippen LogP contribution in [0.15, 0.2) is 36.4 Å². The van der Waals surface area contributed by atoms with E-state index < -0.39 is 0 Å². The Kier molecular flexibility index (Phi) is 4.03. The Hall–Kier alpha value is -1.64. The van der Waals surface area contributed by atoms with E-state index >= 15 is 0 Å². The molecule has 3 heteroatoms. The standard InChI is InChI=1S/C12H14FNO/c1-2-3-4-11(12(14)15)9-5-7-10(13)8-6-9/h2-3,5-8,11H,4H2,1H3,(H2,14,15). The van der Waals surface area contributed by atoms with Gasteiger partial charge in [-0.2, -0.15) is 0 Å². The minimum Gasteiger partial charge on any atom is -0.369 e. The molecule has 80 valence electrons. The molecule has 0 saturated heterocycles. The van der Waals surface area contributed by atoms with E-state index in [0.29, 0.717) is 6.42 Å². The molecule has 0 fully saturated rings. The molecule has 0 heterocycles. The molecule has 0 aliphatic rings. The van der Waals surface area contributed by atoms with Crippen molar-refractivity contribution in [3.8, 4) is 0 Å². The molecular formula is C12H14FNO. The highest BCUT2D eigenvalue weighted by atomic mass is 19.1. The summed E-state index contributed by atoms with van der Waals surface area (Å²) in [4.78, 5) is 11.2. The maximum absolute atomic E-state index is 12.7. The van der Waals surface area contributed by atoms with Gasteiger partial charge in [-0.25, -0.2) is 4.39 Å². The molecule has 1 unspecified atom stereocenters. The number of rotatable bonds is 4. The summed E-state index contributed by atoms with van der Waals surface area (Å²) >= 11 is 0. The topological polar surface area (TPSA) is 43.1 Å². The van der Waals surface area contributed by atoms with Crippen molar-refractivity contribution in [1.29, 1.82) is 0 Å². The van der Waals surface area contributed by atoms with Crippen LogP contribution in [0.5, 0.6) is 0 Å². The van der Waals surface area contributed by atoms with Gasteiger partial charge in [-0.15, -0.1) is 0 Å². The molecule has 1 atom stereocenters. The zero-order valence-electron chi connectivity index (χ0n) is 8.61. The Morgan fingerprint density at radius 3 is 2.53 bits per heavy atom. The first-order valence-electron chi connectivity index (χ1n) is 4.81. The van der Waals surface area contributed by atoms with Crippen LogP contribution in [-0.2, 0) is 4.79 Å². The minimum atomic E-state index is -0.389. The maximum atomic E-state index is 12.7. The fourth-order valence-corrected chi connectivity index (χ4v) is 1.38. The number of halogens is 1. The predicted molar refractivity (Wildman–Crippen MR) is 57.8 cm³/mol. The van der Waals surface area contributed by atoms with E-state index in [-0.39, 0.29) is 17.6 Å². The monoisotopic (exact) mass is 207 g/mol. The number of nitrogens with two attached hydrogens (primary N) is 1. The Labute approximate surface area is 88.6 Å². The van der Waals surface area contributed by atoms with Crippen molar-refractivity contribution in [2.45, 2.75) is 19.3 Å². The summed E-state index contributed by atoms with van der Waals surface area (Å²) in [6.07, 6.45) is 4.29. The van der Waals surface area contributed by atoms with Crippen molar-refractivity contribution < 1.29 is 9.18 Å². The van der Waals surface area contributed by atoms with E-state index in [4.69, 9.17) is 5.73 Å². The summed E-state index contributed by atoms with van der Waals surface area (Å²) in [5, 5.41) is 0. The maximum Gasteiger partial charge on any atom is 0.225 e. The molecule has 1 rings (SSSR count). The summed E-state index contributed by atoms with van der Waals surface area (Å²) in [6.45, 7) is 1.88. The van der Waals surface area contributed by atoms with E-state index in [2.05, 4.69) is 0 Å². The van der Waals surface area contributed by atoms with Crippen LogP contribution in [0.4, 0.5) is 4.39 Å². The molecule has 0 bridgehead atoms. The lowest BCUT2D eigenvalue weighted by molar-refractivity contribution is -0.119. The highest BCUT2D eigenvalue weighted by Gasteiger charge is 2.15. The first-order chi connectivity index (χ1) is 7.15. The summed E-state index contributed by atoms with van der Waals surface area (Å²) in [7, 11) is 0. The van der Waals surface area contributed by atoms with Gasteiger partial charge in [0, 0.05) is 0 Å². The number of allylic oxidation sites excluding steroid dienone is 2. The number of amides is 1. The lowest BCUT2D eigenvalue weighted by Crippen LogP contribution is -2.20. The normalized spacial score (nSPS) is 12.9. The lowest BCUT2D eigenvalue weighted by Gasteiger charge is -2.11. The molecule has 1 aromatic carbocycles. The van der Waals surface area contributed by atoms with Crippen molar-refractivity contribution >= 4 is 5.91 Å². The zero-order chi connectivity index (χ0) is 11.3. The molecular weight excluding hydrogens is 193 g/mol. The van der Waals surface area contributed by atoms with E-state index in [0.717, 1.165) is 5.56 Å². The molecule has 0 saturated carbocycles. The Morgan fingerprint density at radius 1 is 1.47 bits per heavy atom. The van der Waals surface area contributed by atoms with Crippen molar-refractivity contribution in [3.63, 3.8) is 0 Å². The Bertz CT molecular complexity index is 356. The number of carbonyl (C=O) groups is 1. The number of hydrogen-bond acceptors (Lipinski definition) is 1. The minimum absolute atomic E-state index is 0.312. The van der Waals surface area contributed by atoms with E-state index in [9.17, 15) is 9.18 Å². The second kappa shape index (κ2) is 5.29. The number of primary amides is 1. The second-order valence-corrected chi connectivity index (χ2v) is 3.31. The van der Waals surface area contributed by atoms with Gasteiger partial charge in [-0.05, 0) is 31.0 Å². The number of hydrogen-bond donors (Lipinski definition) is 1. The van der Waals surface area contributed by atoms with Gasteiger partial charge in [0.15, 0.2) is 0 Å². The van der Waals surface area contributed by atoms with Crippen LogP contribution in [-0.4, -0.2) is 5.91 Å². The fraction of sp³-hybridized carbons (Fsp3) is 0.250. The van der Waals surface area contributed by atoms with Gasteiger partial charge in [0.1, 0.15) is 5.82 Å². The molecule has 1 amide bonds. The first kappa shape index (κ1) is 11.4. The van der Waals surface area contributed by atoms with Crippen LogP contribution in [0.2, 0.25) is 0 Å². The highest BCUT2D eigenvalue weighted by Crippen LogP contribution is 2.20. The Balaban J connectivity index is 2.88. The first-order valence-corrected chi connectivity index (χ1v) is 4.81. The van der Waals surface area contributed by atoms with Gasteiger partial charge < -0.3 is 5.73 Å². The van der Waals surface area contributed by atoms with Crippen molar-refractivity contribution in [2.24, 2.45) is 5.73 Å². The van der Waals surface area contributed by atoms with Crippen LogP contribution < -0.4 is 5.73 Å². The predicted octanol–water partition coefficient (Wildman–Crippen LogP) is 2.36. The molecule has 2 N–H and O–H groups in total. The van der Waals surface area contributed by atoms with Crippen molar-refractivity contribution in [2.75, 3.05) is 0 Å². The molecule has 15 heavy (non-hydrogen) atoms. The molecule has 2 nitrogen and oxygen atoms in total. The van der Waals surface area contributed by atoms with E-state index in [1.165, 1.54) is 12.1 Å². The summed E-state index contributed by atoms with van der Waals surface area (Å²) in [6, 6.07) is 5.85. The quantitative estimate of drug-likeness (QED) is 0.757. The summed E-state index contributed by atoms with van der Waals surface area (Å²) < 4.78 is 12.7. The number of benzene rings is 1. The van der Waals surface area contributed by atoms with Crippen molar-refractivity contribution in [1.82, 2.24) is 0 Å². The van der Waals surface area contributed by atoms with Crippen LogP contribution in [0, 0.1) is 5.82 Å². The van der Waals surface area contributed by atoms with E-state index in [1.54, 1.807) is 12.1 Å². The van der Waals surface area contributed by atoms with Gasteiger partial charge in [0.25, 0.3) is 0 Å². The van der Waals surface area contributed by atoms with Gasteiger partial charge >= 0.3 is 0 Å². The van der Waals surface area contributed by atoms with Crippen LogP contribution >= 0.6 is 0 Å². The average Bonchev–Trinajstić information content (AvgIpc) is 2.21. The fourth-order valence-electron chi connectivity index (χ4n) is 1.38. The third-order valence-corrected chi connectivity index (χ3v) is 2.22. The SMILES string of the molecule is CC=CCC(C(N)=O)c1ccc(F)cc1. The van der Waals surface area contributed by atoms with E-state index in [1.807, 2.05) is 19.1 Å². The molecule has 1 aromatic rings. The smallest absolute Gasteiger partial charge is 0.225 e. The third-order valence-electron chi connectivity index (χ3n) is 2.22. The van der Waals surface area contributed by atoms with Crippen LogP contribution in [0.3, 0.4) is 0 Å². The zero-order valence-corrected chi connectivity index (χ0v) is 8.61. The molecule has 0 spiro atoms. The van der Waals surface area contributed by atoms with Gasteiger partial charge in [-0.3, -0.25) is 4.79 Å². The number of carbonyl (C=O) groups excluding carboxylic acids is 1. The summed E-state index contributed by atoms with van der Waals surface area (Å²) in [5.74, 6) is -1.07. The molecule has 0 aliphatic heterocycles. The van der Waals surface area contributed by atoms with Gasteiger partial charge in [0.2, 0.25) is 5.91 Å². The van der Waals surface area contributed by atoms with Crippen LogP contribution in [0.1, 0.15) is 24.8 Å². The molecule has 0 radical (unpaired) electrons. The highest BCUT2D eigenvalue weighted by molar-refractivity contribution is 5.82. The largest absolute Gasteiger partial charge is 0.369 e. The molecule has 0 aromatic heterocycles. The second-order valence-electron chi connectivity index (χ2n) is 3.31. The average molecular weight is 207 g/mol. The Morgan fingerprint density at radius 2 is 2.07 bits per heavy atom. The van der Waals surface area contributed by atoms with Crippen LogP contribution in [0.25, 0.3) is 0 Å². The van der Waals surface area contributed by atoms with Gasteiger partial charge in [0.05, 0.1) is 5.92 Å². The summed E-state index contributed by atoms with van der Waals surface area (Å²) in [5.41, 5.74) is 6.03. The molecule has 0 aliphatic carbocycles. The van der Waals surface area contributed by atoms with Gasteiger partial charge in [-0.1, -0.05) is 24.3 Å². The lowest BCUT2D eigenvalue weighted by atomic mass is 9.95. The third kappa shape index (κ3) is 3.20. The van der Waals surface area contributed by atoms with Crippen molar-refractivity contribution in [3.05, 3.63) is 47.8 Å².